The minimum Gasteiger partial charge on any atom is -0.497 e. The zero-order valence-electron chi connectivity index (χ0n) is 25.2. The molecule has 0 unspecified atom stereocenters. The van der Waals surface area contributed by atoms with Crippen LogP contribution in [0, 0.1) is 5.82 Å². The van der Waals surface area contributed by atoms with Crippen molar-refractivity contribution < 1.29 is 36.6 Å². The van der Waals surface area contributed by atoms with E-state index in [9.17, 15) is 22.4 Å². The maximum Gasteiger partial charge on any atom is 0.264 e. The molecule has 2 amide bonds. The van der Waals surface area contributed by atoms with Gasteiger partial charge in [0, 0.05) is 18.7 Å². The number of benzene rings is 3. The zero-order valence-corrected chi connectivity index (χ0v) is 26.0. The molecule has 3 aromatic rings. The molecule has 0 aliphatic heterocycles. The highest BCUT2D eigenvalue weighted by Gasteiger charge is 2.34. The molecule has 0 aliphatic carbocycles. The summed E-state index contributed by atoms with van der Waals surface area (Å²) in [4.78, 5) is 28.5. The van der Waals surface area contributed by atoms with Crippen molar-refractivity contribution in [2.24, 2.45) is 0 Å². The first kappa shape index (κ1) is 33.2. The van der Waals surface area contributed by atoms with Crippen molar-refractivity contribution in [3.8, 4) is 17.2 Å². The molecule has 0 radical (unpaired) electrons. The van der Waals surface area contributed by atoms with E-state index in [1.165, 1.54) is 56.6 Å². The summed E-state index contributed by atoms with van der Waals surface area (Å²) in [6, 6.07) is 14.8. The van der Waals surface area contributed by atoms with Gasteiger partial charge in [-0.3, -0.25) is 13.9 Å². The van der Waals surface area contributed by atoms with Gasteiger partial charge in [0.1, 0.15) is 24.2 Å². The van der Waals surface area contributed by atoms with Crippen LogP contribution in [0.2, 0.25) is 0 Å². The first-order valence-corrected chi connectivity index (χ1v) is 15.1. The van der Waals surface area contributed by atoms with Crippen molar-refractivity contribution in [1.82, 2.24) is 10.2 Å². The van der Waals surface area contributed by atoms with Crippen LogP contribution in [0.4, 0.5) is 10.1 Å². The Balaban J connectivity index is 2.09. The first-order valence-electron chi connectivity index (χ1n) is 13.7. The average Bonchev–Trinajstić information content (AvgIpc) is 2.99. The molecule has 0 aliphatic rings. The van der Waals surface area contributed by atoms with Crippen molar-refractivity contribution >= 4 is 27.5 Å². The topological polar surface area (TPSA) is 114 Å². The summed E-state index contributed by atoms with van der Waals surface area (Å²) in [5, 5.41) is 2.85. The second-order valence-electron chi connectivity index (χ2n) is 9.96. The molecule has 10 nitrogen and oxygen atoms in total. The number of sulfonamides is 1. The number of carbonyl (C=O) groups excluding carboxylic acids is 2. The van der Waals surface area contributed by atoms with E-state index in [4.69, 9.17) is 14.2 Å². The SMILES string of the molecule is CC[C@H](C(=O)NC(C)C)N(Cc1ccc(OC)cc1)C(=O)CN(c1ccc(F)cc1)S(=O)(=O)c1ccc(OC)c(OC)c1. The predicted octanol–water partition coefficient (Wildman–Crippen LogP) is 4.38. The number of rotatable bonds is 14. The van der Waals surface area contributed by atoms with Gasteiger partial charge in [-0.2, -0.15) is 0 Å². The van der Waals surface area contributed by atoms with Crippen LogP contribution < -0.4 is 23.8 Å². The molecule has 0 saturated carbocycles. The van der Waals surface area contributed by atoms with Gasteiger partial charge in [0.05, 0.1) is 31.9 Å². The van der Waals surface area contributed by atoms with Crippen LogP contribution >= 0.6 is 0 Å². The Kier molecular flexibility index (Phi) is 11.4. The number of nitrogens with one attached hydrogen (secondary N) is 1. The second kappa shape index (κ2) is 14.7. The van der Waals surface area contributed by atoms with Gasteiger partial charge in [-0.05, 0) is 74.4 Å². The lowest BCUT2D eigenvalue weighted by molar-refractivity contribution is -0.140. The normalized spacial score (nSPS) is 11.9. The summed E-state index contributed by atoms with van der Waals surface area (Å²) in [5.41, 5.74) is 0.773. The van der Waals surface area contributed by atoms with Crippen LogP contribution in [0.15, 0.2) is 71.6 Å². The molecule has 0 heterocycles. The largest absolute Gasteiger partial charge is 0.497 e. The number of hydrogen-bond acceptors (Lipinski definition) is 7. The molecule has 232 valence electrons. The third-order valence-corrected chi connectivity index (χ3v) is 8.44. The maximum atomic E-state index is 14.1. The minimum atomic E-state index is -4.40. The van der Waals surface area contributed by atoms with Gasteiger partial charge in [-0.15, -0.1) is 0 Å². The molecule has 0 fully saturated rings. The highest BCUT2D eigenvalue weighted by atomic mass is 32.2. The third-order valence-electron chi connectivity index (χ3n) is 6.67. The monoisotopic (exact) mass is 615 g/mol. The van der Waals surface area contributed by atoms with Gasteiger partial charge in [0.25, 0.3) is 10.0 Å². The number of nitrogens with zero attached hydrogens (tertiary/aromatic N) is 2. The standard InChI is InChI=1S/C31H38FN3O7S/c1-7-27(31(37)33-21(2)3)34(19-22-8-14-25(40-4)15-9-22)30(36)20-35(24-12-10-23(32)11-13-24)43(38,39)26-16-17-28(41-5)29(18-26)42-6/h8-18,21,27H,7,19-20H2,1-6H3,(H,33,37)/t27-/m1/s1. The first-order chi connectivity index (χ1) is 20.4. The highest BCUT2D eigenvalue weighted by Crippen LogP contribution is 2.32. The quantitative estimate of drug-likeness (QED) is 0.286. The number of ether oxygens (including phenoxy) is 3. The summed E-state index contributed by atoms with van der Waals surface area (Å²) in [5.74, 6) is -0.457. The van der Waals surface area contributed by atoms with Gasteiger partial charge in [-0.1, -0.05) is 19.1 Å². The third kappa shape index (κ3) is 8.16. The smallest absolute Gasteiger partial charge is 0.264 e. The minimum absolute atomic E-state index is 0.0283. The van der Waals surface area contributed by atoms with Crippen LogP contribution in [-0.4, -0.2) is 65.1 Å². The molecule has 0 bridgehead atoms. The van der Waals surface area contributed by atoms with E-state index in [0.29, 0.717) is 17.1 Å². The summed E-state index contributed by atoms with van der Waals surface area (Å²) >= 11 is 0. The lowest BCUT2D eigenvalue weighted by Gasteiger charge is -2.33. The molecule has 1 N–H and O–H groups in total. The van der Waals surface area contributed by atoms with E-state index in [1.54, 1.807) is 31.2 Å². The van der Waals surface area contributed by atoms with Crippen LogP contribution in [0.5, 0.6) is 17.2 Å². The molecular formula is C31H38FN3O7S. The fourth-order valence-electron chi connectivity index (χ4n) is 4.47. The molecule has 3 rings (SSSR count). The number of halogens is 1. The fourth-order valence-corrected chi connectivity index (χ4v) is 5.90. The lowest BCUT2D eigenvalue weighted by atomic mass is 10.1. The van der Waals surface area contributed by atoms with E-state index in [1.807, 2.05) is 13.8 Å². The van der Waals surface area contributed by atoms with Gasteiger partial charge >= 0.3 is 0 Å². The van der Waals surface area contributed by atoms with E-state index >= 15 is 0 Å². The Labute approximate surface area is 252 Å². The van der Waals surface area contributed by atoms with Crippen LogP contribution in [0.1, 0.15) is 32.8 Å². The lowest BCUT2D eigenvalue weighted by Crippen LogP contribution is -2.53. The van der Waals surface area contributed by atoms with Crippen molar-refractivity contribution in [2.45, 2.75) is 50.7 Å². The summed E-state index contributed by atoms with van der Waals surface area (Å²) in [6.45, 7) is 4.76. The molecule has 0 saturated heterocycles. The predicted molar refractivity (Wildman–Crippen MR) is 161 cm³/mol. The Morgan fingerprint density at radius 1 is 0.884 bits per heavy atom. The molecular weight excluding hydrogens is 577 g/mol. The van der Waals surface area contributed by atoms with Gasteiger partial charge in [-0.25, -0.2) is 12.8 Å². The van der Waals surface area contributed by atoms with Gasteiger partial charge in [0.2, 0.25) is 11.8 Å². The Bertz CT molecular complexity index is 1500. The van der Waals surface area contributed by atoms with Crippen molar-refractivity contribution in [1.29, 1.82) is 0 Å². The Hall–Kier alpha value is -4.32. The van der Waals surface area contributed by atoms with E-state index in [0.717, 1.165) is 16.4 Å². The van der Waals surface area contributed by atoms with Gasteiger partial charge in [0.15, 0.2) is 11.5 Å². The molecule has 3 aromatic carbocycles. The number of hydrogen-bond donors (Lipinski definition) is 1. The zero-order chi connectivity index (χ0) is 31.7. The Morgan fingerprint density at radius 2 is 1.51 bits per heavy atom. The van der Waals surface area contributed by atoms with Crippen molar-refractivity contribution in [3.63, 3.8) is 0 Å². The second-order valence-corrected chi connectivity index (χ2v) is 11.8. The van der Waals surface area contributed by atoms with Gasteiger partial charge < -0.3 is 24.4 Å². The molecule has 12 heteroatoms. The van der Waals surface area contributed by atoms with Crippen molar-refractivity contribution in [3.05, 3.63) is 78.1 Å². The van der Waals surface area contributed by atoms with Crippen LogP contribution in [0.3, 0.4) is 0 Å². The number of amides is 2. The molecule has 0 spiro atoms. The van der Waals surface area contributed by atoms with E-state index in [-0.39, 0.29) is 41.2 Å². The van der Waals surface area contributed by atoms with Crippen LogP contribution in [-0.2, 0) is 26.2 Å². The fraction of sp³-hybridized carbons (Fsp3) is 0.355. The van der Waals surface area contributed by atoms with E-state index in [2.05, 4.69) is 5.32 Å². The molecule has 1 atom stereocenters. The summed E-state index contributed by atoms with van der Waals surface area (Å²) < 4.78 is 58.6. The average molecular weight is 616 g/mol. The van der Waals surface area contributed by atoms with Crippen molar-refractivity contribution in [2.75, 3.05) is 32.2 Å². The maximum absolute atomic E-state index is 14.1. The summed E-state index contributed by atoms with van der Waals surface area (Å²) in [7, 11) is -0.0594. The van der Waals surface area contributed by atoms with Crippen LogP contribution in [0.25, 0.3) is 0 Å². The number of carbonyl (C=O) groups is 2. The Morgan fingerprint density at radius 3 is 2.05 bits per heavy atom. The van der Waals surface area contributed by atoms with E-state index < -0.39 is 34.3 Å². The number of methoxy groups -OCH3 is 3. The number of anilines is 1. The molecule has 0 aromatic heterocycles. The molecule has 43 heavy (non-hydrogen) atoms. The highest BCUT2D eigenvalue weighted by molar-refractivity contribution is 7.92. The summed E-state index contributed by atoms with van der Waals surface area (Å²) in [6.07, 6.45) is 0.277.